The fourth-order valence-electron chi connectivity index (χ4n) is 2.39. The van der Waals surface area contributed by atoms with Gasteiger partial charge < -0.3 is 5.73 Å². The summed E-state index contributed by atoms with van der Waals surface area (Å²) in [5, 5.41) is 7.28. The van der Waals surface area contributed by atoms with Gasteiger partial charge in [0.2, 0.25) is 0 Å². The number of rotatable bonds is 2. The fraction of sp³-hybridized carbons (Fsp3) is 0.417. The molecule has 2 heterocycles. The van der Waals surface area contributed by atoms with E-state index in [1.54, 1.807) is 12.4 Å². The number of hydrogen-bond acceptors (Lipinski definition) is 4. The quantitative estimate of drug-likeness (QED) is 0.826. The monoisotopic (exact) mass is 229 g/mol. The summed E-state index contributed by atoms with van der Waals surface area (Å²) in [5.41, 5.74) is 7.32. The number of nitrogens with zero attached hydrogens (tertiary/aromatic N) is 3. The van der Waals surface area contributed by atoms with Crippen LogP contribution in [0, 0.1) is 0 Å². The molecule has 0 spiro atoms. The maximum absolute atomic E-state index is 5.86. The summed E-state index contributed by atoms with van der Waals surface area (Å²) >= 11 is 0. The van der Waals surface area contributed by atoms with Crippen molar-refractivity contribution in [1.29, 1.82) is 0 Å². The summed E-state index contributed by atoms with van der Waals surface area (Å²) in [4.78, 5) is 8.51. The molecule has 0 aliphatic heterocycles. The summed E-state index contributed by atoms with van der Waals surface area (Å²) in [6.45, 7) is 0. The molecule has 2 aromatic heterocycles. The Morgan fingerprint density at radius 1 is 1.29 bits per heavy atom. The van der Waals surface area contributed by atoms with Crippen LogP contribution in [0.25, 0.3) is 11.4 Å². The lowest BCUT2D eigenvalue weighted by Gasteiger charge is -2.02. The van der Waals surface area contributed by atoms with Crippen LogP contribution in [0.1, 0.15) is 37.4 Å². The van der Waals surface area contributed by atoms with E-state index in [-0.39, 0.29) is 0 Å². The third-order valence-corrected chi connectivity index (χ3v) is 3.34. The van der Waals surface area contributed by atoms with E-state index >= 15 is 0 Å². The van der Waals surface area contributed by atoms with Gasteiger partial charge in [-0.2, -0.15) is 5.10 Å². The predicted octanol–water partition coefficient (Wildman–Crippen LogP) is 2.11. The van der Waals surface area contributed by atoms with Crippen molar-refractivity contribution in [3.63, 3.8) is 0 Å². The Balaban J connectivity index is 1.92. The lowest BCUT2D eigenvalue weighted by atomic mass is 10.1. The molecular formula is C12H15N5. The molecule has 5 nitrogen and oxygen atoms in total. The maximum atomic E-state index is 5.86. The third kappa shape index (κ3) is 1.88. The number of nitrogen functional groups attached to an aromatic ring is 1. The second-order valence-electron chi connectivity index (χ2n) is 4.49. The summed E-state index contributed by atoms with van der Waals surface area (Å²) in [6.07, 6.45) is 8.33. The van der Waals surface area contributed by atoms with Crippen LogP contribution < -0.4 is 5.73 Å². The van der Waals surface area contributed by atoms with Crippen molar-refractivity contribution in [2.75, 3.05) is 5.73 Å². The van der Waals surface area contributed by atoms with Crippen LogP contribution in [-0.2, 0) is 0 Å². The van der Waals surface area contributed by atoms with E-state index in [2.05, 4.69) is 20.2 Å². The number of anilines is 1. The summed E-state index contributed by atoms with van der Waals surface area (Å²) in [7, 11) is 0. The minimum absolute atomic E-state index is 0.541. The van der Waals surface area contributed by atoms with Gasteiger partial charge in [-0.15, -0.1) is 0 Å². The van der Waals surface area contributed by atoms with Gasteiger partial charge in [0.1, 0.15) is 5.82 Å². The summed E-state index contributed by atoms with van der Waals surface area (Å²) in [5.74, 6) is 2.21. The average molecular weight is 229 g/mol. The van der Waals surface area contributed by atoms with Gasteiger partial charge in [0.05, 0.1) is 11.9 Å². The van der Waals surface area contributed by atoms with Crippen molar-refractivity contribution < 1.29 is 0 Å². The van der Waals surface area contributed by atoms with E-state index in [0.29, 0.717) is 17.4 Å². The van der Waals surface area contributed by atoms with Crippen LogP contribution in [0.15, 0.2) is 18.5 Å². The highest BCUT2D eigenvalue weighted by Crippen LogP contribution is 2.33. The SMILES string of the molecule is Nc1cnccc1-c1n[nH]c(C2CCCC2)n1. The van der Waals surface area contributed by atoms with Crippen molar-refractivity contribution in [2.24, 2.45) is 0 Å². The van der Waals surface area contributed by atoms with E-state index < -0.39 is 0 Å². The van der Waals surface area contributed by atoms with Crippen LogP contribution in [0.5, 0.6) is 0 Å². The minimum atomic E-state index is 0.541. The molecule has 2 aromatic rings. The Bertz CT molecular complexity index is 513. The summed E-state index contributed by atoms with van der Waals surface area (Å²) < 4.78 is 0. The van der Waals surface area contributed by atoms with Crippen LogP contribution >= 0.6 is 0 Å². The predicted molar refractivity (Wildman–Crippen MR) is 65.2 cm³/mol. The van der Waals surface area contributed by atoms with Gasteiger partial charge in [-0.05, 0) is 18.9 Å². The van der Waals surface area contributed by atoms with Crippen molar-refractivity contribution in [3.05, 3.63) is 24.3 Å². The zero-order valence-electron chi connectivity index (χ0n) is 9.56. The van der Waals surface area contributed by atoms with Crippen LogP contribution in [0.4, 0.5) is 5.69 Å². The van der Waals surface area contributed by atoms with Crippen LogP contribution in [0.3, 0.4) is 0 Å². The zero-order valence-corrected chi connectivity index (χ0v) is 9.56. The number of pyridine rings is 1. The molecule has 1 aliphatic rings. The molecule has 3 rings (SSSR count). The fourth-order valence-corrected chi connectivity index (χ4v) is 2.39. The lowest BCUT2D eigenvalue weighted by Crippen LogP contribution is -1.95. The first-order chi connectivity index (χ1) is 8.34. The molecule has 3 N–H and O–H groups in total. The van der Waals surface area contributed by atoms with Gasteiger partial charge in [0.15, 0.2) is 5.82 Å². The summed E-state index contributed by atoms with van der Waals surface area (Å²) in [6, 6.07) is 1.84. The number of aromatic nitrogens is 4. The Morgan fingerprint density at radius 2 is 2.12 bits per heavy atom. The topological polar surface area (TPSA) is 80.5 Å². The van der Waals surface area contributed by atoms with Gasteiger partial charge in [-0.25, -0.2) is 4.98 Å². The van der Waals surface area contributed by atoms with E-state index in [9.17, 15) is 0 Å². The lowest BCUT2D eigenvalue weighted by molar-refractivity contribution is 0.672. The Labute approximate surface area is 99.5 Å². The number of H-pyrrole nitrogens is 1. The first kappa shape index (κ1) is 10.3. The minimum Gasteiger partial charge on any atom is -0.397 e. The molecule has 17 heavy (non-hydrogen) atoms. The van der Waals surface area contributed by atoms with Crippen molar-refractivity contribution in [3.8, 4) is 11.4 Å². The molecule has 0 amide bonds. The Kier molecular flexibility index (Phi) is 2.51. The van der Waals surface area contributed by atoms with Gasteiger partial charge in [-0.1, -0.05) is 12.8 Å². The van der Waals surface area contributed by atoms with E-state index in [0.717, 1.165) is 11.4 Å². The Morgan fingerprint density at radius 3 is 2.88 bits per heavy atom. The second-order valence-corrected chi connectivity index (χ2v) is 4.49. The number of nitrogens with one attached hydrogen (secondary N) is 1. The van der Waals surface area contributed by atoms with Crippen LogP contribution in [0.2, 0.25) is 0 Å². The number of nitrogens with two attached hydrogens (primary N) is 1. The number of aromatic amines is 1. The molecule has 0 bridgehead atoms. The first-order valence-corrected chi connectivity index (χ1v) is 5.97. The van der Waals surface area contributed by atoms with Crippen molar-refractivity contribution in [1.82, 2.24) is 20.2 Å². The van der Waals surface area contributed by atoms with E-state index in [1.807, 2.05) is 6.07 Å². The zero-order chi connectivity index (χ0) is 11.7. The molecular weight excluding hydrogens is 214 g/mol. The maximum Gasteiger partial charge on any atom is 0.183 e. The van der Waals surface area contributed by atoms with Crippen LogP contribution in [-0.4, -0.2) is 20.2 Å². The standard InChI is InChI=1S/C12H15N5/c13-10-7-14-6-5-9(10)12-15-11(16-17-12)8-3-1-2-4-8/h5-8H,1-4,13H2,(H,15,16,17). The van der Waals surface area contributed by atoms with Gasteiger partial charge in [0, 0.05) is 17.7 Å². The van der Waals surface area contributed by atoms with Gasteiger partial charge >= 0.3 is 0 Å². The molecule has 0 aromatic carbocycles. The van der Waals surface area contributed by atoms with E-state index in [4.69, 9.17) is 5.73 Å². The highest BCUT2D eigenvalue weighted by Gasteiger charge is 2.21. The molecule has 0 atom stereocenters. The van der Waals surface area contributed by atoms with E-state index in [1.165, 1.54) is 25.7 Å². The molecule has 1 saturated carbocycles. The highest BCUT2D eigenvalue weighted by molar-refractivity contribution is 5.69. The Hall–Kier alpha value is -1.91. The molecule has 0 radical (unpaired) electrons. The van der Waals surface area contributed by atoms with Gasteiger partial charge in [0.25, 0.3) is 0 Å². The third-order valence-electron chi connectivity index (χ3n) is 3.34. The number of hydrogen-bond donors (Lipinski definition) is 2. The average Bonchev–Trinajstić information content (AvgIpc) is 3.00. The highest BCUT2D eigenvalue weighted by atomic mass is 15.2. The van der Waals surface area contributed by atoms with Crippen molar-refractivity contribution >= 4 is 5.69 Å². The second kappa shape index (κ2) is 4.16. The normalized spacial score (nSPS) is 16.5. The molecule has 1 fully saturated rings. The molecule has 5 heteroatoms. The first-order valence-electron chi connectivity index (χ1n) is 5.97. The van der Waals surface area contributed by atoms with Gasteiger partial charge in [-0.3, -0.25) is 10.1 Å². The molecule has 1 aliphatic carbocycles. The largest absolute Gasteiger partial charge is 0.397 e. The smallest absolute Gasteiger partial charge is 0.183 e. The molecule has 0 saturated heterocycles. The van der Waals surface area contributed by atoms with Crippen molar-refractivity contribution in [2.45, 2.75) is 31.6 Å². The molecule has 0 unspecified atom stereocenters. The molecule has 88 valence electrons.